The normalized spacial score (nSPS) is 24.6. The van der Waals surface area contributed by atoms with Crippen LogP contribution in [0.2, 0.25) is 0 Å². The highest BCUT2D eigenvalue weighted by atomic mass is 32.2. The number of alkyl halides is 1. The van der Waals surface area contributed by atoms with E-state index in [-0.39, 0.29) is 9.79 Å². The molecule has 0 spiro atoms. The van der Waals surface area contributed by atoms with Crippen LogP contribution in [0, 0.1) is 0 Å². The molecule has 192 valence electrons. The van der Waals surface area contributed by atoms with Crippen molar-refractivity contribution in [1.29, 1.82) is 0 Å². The molecule has 0 radical (unpaired) electrons. The van der Waals surface area contributed by atoms with Gasteiger partial charge in [0.15, 0.2) is 11.9 Å². The summed E-state index contributed by atoms with van der Waals surface area (Å²) in [6.45, 7) is 0.104. The lowest BCUT2D eigenvalue weighted by Gasteiger charge is -2.27. The predicted molar refractivity (Wildman–Crippen MR) is 123 cm³/mol. The summed E-state index contributed by atoms with van der Waals surface area (Å²) in [7, 11) is -8.87. The average Bonchev–Trinajstić information content (AvgIpc) is 3.08. The highest BCUT2D eigenvalue weighted by Gasteiger charge is 2.58. The molecular formula is C22H21FN2O9S2. The van der Waals surface area contributed by atoms with Gasteiger partial charge >= 0.3 is 5.69 Å². The second kappa shape index (κ2) is 9.71. The van der Waals surface area contributed by atoms with Crippen LogP contribution < -0.4 is 11.2 Å². The van der Waals surface area contributed by atoms with E-state index in [1.165, 1.54) is 48.5 Å². The van der Waals surface area contributed by atoms with Crippen LogP contribution >= 0.6 is 0 Å². The van der Waals surface area contributed by atoms with Gasteiger partial charge in [0.2, 0.25) is 0 Å². The first kappa shape index (κ1) is 25.9. The number of halogens is 1. The molecule has 4 atom stereocenters. The molecule has 1 saturated heterocycles. The van der Waals surface area contributed by atoms with Crippen molar-refractivity contribution in [3.8, 4) is 0 Å². The zero-order chi connectivity index (χ0) is 26.1. The standard InChI is InChI=1S/C22H21FN2O9S2/c1-22(23)19(34-36(30,31)16-10-6-3-7-11-16)17(14-32-35(28,29)15-8-4-2-5-9-15)33-20(22)25-13-12-18(26)24-21(25)27/h2-13,17,19-20H,14H2,1H3,(H,24,26,27)/t17-,19-,20-,22-/m1/s1. The number of nitrogens with zero attached hydrogens (tertiary/aromatic N) is 1. The summed E-state index contributed by atoms with van der Waals surface area (Å²) >= 11 is 0. The molecule has 11 nitrogen and oxygen atoms in total. The molecule has 0 amide bonds. The van der Waals surface area contributed by atoms with Gasteiger partial charge in [-0.15, -0.1) is 0 Å². The van der Waals surface area contributed by atoms with Crippen molar-refractivity contribution in [3.63, 3.8) is 0 Å². The van der Waals surface area contributed by atoms with Crippen molar-refractivity contribution in [2.45, 2.75) is 40.8 Å². The van der Waals surface area contributed by atoms with Crippen LogP contribution in [0.3, 0.4) is 0 Å². The molecule has 1 aliphatic rings. The Bertz CT molecular complexity index is 1550. The largest absolute Gasteiger partial charge is 0.346 e. The smallest absolute Gasteiger partial charge is 0.330 e. The predicted octanol–water partition coefficient (Wildman–Crippen LogP) is 1.34. The molecule has 2 heterocycles. The minimum Gasteiger partial charge on any atom is -0.346 e. The number of ether oxygens (including phenoxy) is 1. The van der Waals surface area contributed by atoms with E-state index in [4.69, 9.17) is 13.1 Å². The monoisotopic (exact) mass is 540 g/mol. The summed E-state index contributed by atoms with van der Waals surface area (Å²) in [6.07, 6.45) is -4.35. The minimum atomic E-state index is -4.55. The zero-order valence-electron chi connectivity index (χ0n) is 18.7. The van der Waals surface area contributed by atoms with Crippen LogP contribution in [-0.4, -0.2) is 50.9 Å². The van der Waals surface area contributed by atoms with Crippen LogP contribution in [0.15, 0.2) is 92.3 Å². The molecule has 0 aliphatic carbocycles. The fraction of sp³-hybridized carbons (Fsp3) is 0.273. The van der Waals surface area contributed by atoms with Gasteiger partial charge in [-0.05, 0) is 31.2 Å². The van der Waals surface area contributed by atoms with E-state index in [2.05, 4.69) is 0 Å². The van der Waals surface area contributed by atoms with Crippen molar-refractivity contribution in [1.82, 2.24) is 9.55 Å². The van der Waals surface area contributed by atoms with Crippen LogP contribution in [0.4, 0.5) is 4.39 Å². The van der Waals surface area contributed by atoms with Gasteiger partial charge in [0.1, 0.15) is 12.2 Å². The first-order chi connectivity index (χ1) is 16.9. The molecule has 0 saturated carbocycles. The topological polar surface area (TPSA) is 151 Å². The van der Waals surface area contributed by atoms with E-state index in [1.807, 2.05) is 4.98 Å². The Hall–Kier alpha value is -3.17. The molecule has 36 heavy (non-hydrogen) atoms. The van der Waals surface area contributed by atoms with Crippen molar-refractivity contribution in [2.24, 2.45) is 0 Å². The number of nitrogens with one attached hydrogen (secondary N) is 1. The SMILES string of the molecule is C[C@@]1(F)[C@H](OS(=O)(=O)c2ccccc2)[C@@H](COS(=O)(=O)c2ccccc2)O[C@H]1n1ccc(=O)[nH]c1=O. The Morgan fingerprint density at radius 3 is 2.06 bits per heavy atom. The molecule has 4 rings (SSSR count). The van der Waals surface area contributed by atoms with E-state index >= 15 is 4.39 Å². The van der Waals surface area contributed by atoms with Gasteiger partial charge in [-0.25, -0.2) is 9.18 Å². The number of hydrogen-bond acceptors (Lipinski definition) is 9. The van der Waals surface area contributed by atoms with E-state index in [9.17, 15) is 26.4 Å². The molecule has 1 aliphatic heterocycles. The van der Waals surface area contributed by atoms with Gasteiger partial charge in [0, 0.05) is 12.3 Å². The number of hydrogen-bond donors (Lipinski definition) is 1. The lowest BCUT2D eigenvalue weighted by Crippen LogP contribution is -2.46. The Balaban J connectivity index is 1.69. The second-order valence-electron chi connectivity index (χ2n) is 8.03. The first-order valence-electron chi connectivity index (χ1n) is 10.5. The van der Waals surface area contributed by atoms with Gasteiger partial charge in [-0.1, -0.05) is 36.4 Å². The maximum absolute atomic E-state index is 16.2. The van der Waals surface area contributed by atoms with Gasteiger partial charge in [-0.3, -0.25) is 22.7 Å². The third-order valence-electron chi connectivity index (χ3n) is 5.47. The maximum Gasteiger partial charge on any atom is 0.330 e. The van der Waals surface area contributed by atoms with E-state index in [0.717, 1.165) is 19.2 Å². The Morgan fingerprint density at radius 2 is 1.50 bits per heavy atom. The summed E-state index contributed by atoms with van der Waals surface area (Å²) < 4.78 is 83.6. The highest BCUT2D eigenvalue weighted by Crippen LogP contribution is 2.43. The fourth-order valence-corrected chi connectivity index (χ4v) is 5.82. The van der Waals surface area contributed by atoms with Crippen LogP contribution in [0.5, 0.6) is 0 Å². The molecule has 1 aromatic heterocycles. The van der Waals surface area contributed by atoms with E-state index in [0.29, 0.717) is 4.57 Å². The molecule has 0 bridgehead atoms. The molecule has 14 heteroatoms. The van der Waals surface area contributed by atoms with Crippen LogP contribution in [-0.2, 0) is 33.3 Å². The van der Waals surface area contributed by atoms with Crippen molar-refractivity contribution < 1.29 is 34.3 Å². The third-order valence-corrected chi connectivity index (χ3v) is 8.07. The molecule has 1 fully saturated rings. The summed E-state index contributed by atoms with van der Waals surface area (Å²) in [5, 5.41) is 0. The summed E-state index contributed by atoms with van der Waals surface area (Å²) in [6, 6.07) is 14.9. The lowest BCUT2D eigenvalue weighted by molar-refractivity contribution is -0.0581. The number of aromatic nitrogens is 2. The number of benzene rings is 2. The number of aromatic amines is 1. The van der Waals surface area contributed by atoms with E-state index in [1.54, 1.807) is 12.1 Å². The van der Waals surface area contributed by atoms with E-state index < -0.39 is 62.2 Å². The Morgan fingerprint density at radius 1 is 0.944 bits per heavy atom. The van der Waals surface area contributed by atoms with Crippen molar-refractivity contribution in [3.05, 3.63) is 93.8 Å². The van der Waals surface area contributed by atoms with Gasteiger partial charge in [-0.2, -0.15) is 16.8 Å². The summed E-state index contributed by atoms with van der Waals surface area (Å²) in [5.74, 6) is 0. The van der Waals surface area contributed by atoms with Crippen LogP contribution in [0.1, 0.15) is 13.2 Å². The maximum atomic E-state index is 16.2. The summed E-state index contributed by atoms with van der Waals surface area (Å²) in [4.78, 5) is 25.2. The zero-order valence-corrected chi connectivity index (χ0v) is 20.3. The number of H-pyrrole nitrogens is 1. The first-order valence-corrected chi connectivity index (χ1v) is 13.3. The van der Waals surface area contributed by atoms with Gasteiger partial charge < -0.3 is 4.74 Å². The average molecular weight is 541 g/mol. The fourth-order valence-electron chi connectivity index (χ4n) is 3.70. The quantitative estimate of drug-likeness (QED) is 0.418. The van der Waals surface area contributed by atoms with Crippen molar-refractivity contribution >= 4 is 20.2 Å². The molecule has 2 aromatic carbocycles. The number of rotatable bonds is 8. The van der Waals surface area contributed by atoms with Crippen LogP contribution in [0.25, 0.3) is 0 Å². The Kier molecular flexibility index (Phi) is 6.99. The van der Waals surface area contributed by atoms with Crippen molar-refractivity contribution in [2.75, 3.05) is 6.61 Å². The lowest BCUT2D eigenvalue weighted by atomic mass is 9.98. The molecule has 3 aromatic rings. The molecule has 1 N–H and O–H groups in total. The van der Waals surface area contributed by atoms with Gasteiger partial charge in [0.25, 0.3) is 25.8 Å². The Labute approximate surface area is 205 Å². The second-order valence-corrected chi connectivity index (χ2v) is 11.2. The third kappa shape index (κ3) is 5.17. The molecular weight excluding hydrogens is 519 g/mol. The highest BCUT2D eigenvalue weighted by molar-refractivity contribution is 7.87. The molecule has 0 unspecified atom stereocenters. The summed E-state index contributed by atoms with van der Waals surface area (Å²) in [5.41, 5.74) is -4.48. The van der Waals surface area contributed by atoms with Gasteiger partial charge in [0.05, 0.1) is 16.4 Å². The minimum absolute atomic E-state index is 0.186.